The molecule has 0 aliphatic carbocycles. The number of hydrogen-bond donors (Lipinski definition) is 1. The number of hydroxylamine groups is 2. The van der Waals surface area contributed by atoms with Crippen LogP contribution in [0.15, 0.2) is 39.4 Å². The summed E-state index contributed by atoms with van der Waals surface area (Å²) in [6.07, 6.45) is -0.0153. The van der Waals surface area contributed by atoms with Gasteiger partial charge in [-0.1, -0.05) is 6.07 Å². The Bertz CT molecular complexity index is 775. The fraction of sp³-hybridized carbons (Fsp3) is 0.143. The highest BCUT2D eigenvalue weighted by atomic mass is 79.9. The van der Waals surface area contributed by atoms with Crippen LogP contribution in [0.25, 0.3) is 0 Å². The summed E-state index contributed by atoms with van der Waals surface area (Å²) in [4.78, 5) is 25.0. The monoisotopic (exact) mass is 386 g/mol. The molecule has 2 heterocycles. The standard InChI is InChI=1S/C14H9BrF2N2O4/c15-7-4-10(23-6-7)13-18(5-11(20)19(13)22)14(21)12-8(16)2-1-3-9(12)17/h1-4,6,13,22H,5H2. The molecule has 1 fully saturated rings. The van der Waals surface area contributed by atoms with Crippen LogP contribution in [0.2, 0.25) is 0 Å². The van der Waals surface area contributed by atoms with Gasteiger partial charge in [0, 0.05) is 0 Å². The Morgan fingerprint density at radius 2 is 2.00 bits per heavy atom. The average molecular weight is 387 g/mol. The molecule has 2 amide bonds. The number of carbonyl (C=O) groups is 2. The zero-order valence-corrected chi connectivity index (χ0v) is 13.0. The van der Waals surface area contributed by atoms with Crippen LogP contribution in [0.4, 0.5) is 8.78 Å². The van der Waals surface area contributed by atoms with Gasteiger partial charge in [0.2, 0.25) is 0 Å². The van der Waals surface area contributed by atoms with Crippen molar-refractivity contribution in [1.29, 1.82) is 0 Å². The smallest absolute Gasteiger partial charge is 0.268 e. The van der Waals surface area contributed by atoms with Crippen molar-refractivity contribution in [2.75, 3.05) is 6.54 Å². The van der Waals surface area contributed by atoms with Gasteiger partial charge in [-0.3, -0.25) is 19.7 Å². The summed E-state index contributed by atoms with van der Waals surface area (Å²) in [5, 5.41) is 10.1. The third-order valence-corrected chi connectivity index (χ3v) is 3.78. The number of carbonyl (C=O) groups excluding carboxylic acids is 2. The lowest BCUT2D eigenvalue weighted by molar-refractivity contribution is -0.170. The number of hydrogen-bond acceptors (Lipinski definition) is 4. The van der Waals surface area contributed by atoms with E-state index in [0.29, 0.717) is 9.54 Å². The summed E-state index contributed by atoms with van der Waals surface area (Å²) in [6, 6.07) is 4.42. The second kappa shape index (κ2) is 5.74. The van der Waals surface area contributed by atoms with E-state index in [2.05, 4.69) is 15.9 Å². The Balaban J connectivity index is 2.03. The molecule has 23 heavy (non-hydrogen) atoms. The van der Waals surface area contributed by atoms with E-state index in [4.69, 9.17) is 4.42 Å². The zero-order chi connectivity index (χ0) is 16.7. The molecule has 120 valence electrons. The number of furan rings is 1. The van der Waals surface area contributed by atoms with Crippen molar-refractivity contribution in [1.82, 2.24) is 9.96 Å². The molecular weight excluding hydrogens is 378 g/mol. The molecule has 1 atom stereocenters. The van der Waals surface area contributed by atoms with Gasteiger partial charge in [-0.2, -0.15) is 5.06 Å². The first kappa shape index (κ1) is 15.6. The normalized spacial score (nSPS) is 17.9. The molecule has 1 N–H and O–H groups in total. The van der Waals surface area contributed by atoms with Gasteiger partial charge in [0.25, 0.3) is 11.8 Å². The number of halogens is 3. The lowest BCUT2D eigenvalue weighted by atomic mass is 10.1. The molecule has 1 aliphatic heterocycles. The largest absolute Gasteiger partial charge is 0.464 e. The summed E-state index contributed by atoms with van der Waals surface area (Å²) in [6.45, 7) is -0.536. The molecule has 9 heteroatoms. The lowest BCUT2D eigenvalue weighted by Crippen LogP contribution is -2.35. The van der Waals surface area contributed by atoms with Crippen LogP contribution < -0.4 is 0 Å². The maximum absolute atomic E-state index is 13.8. The molecular formula is C14H9BrF2N2O4. The highest BCUT2D eigenvalue weighted by molar-refractivity contribution is 9.10. The average Bonchev–Trinajstić information content (AvgIpc) is 3.03. The van der Waals surface area contributed by atoms with E-state index in [1.54, 1.807) is 0 Å². The Labute approximate surface area is 137 Å². The van der Waals surface area contributed by atoms with Gasteiger partial charge >= 0.3 is 0 Å². The minimum atomic E-state index is -1.31. The lowest BCUT2D eigenvalue weighted by Gasteiger charge is -2.24. The minimum Gasteiger partial charge on any atom is -0.464 e. The third-order valence-electron chi connectivity index (χ3n) is 3.37. The molecule has 0 saturated carbocycles. The molecule has 2 aromatic rings. The molecule has 1 aromatic carbocycles. The fourth-order valence-corrected chi connectivity index (χ4v) is 2.66. The number of rotatable bonds is 2. The van der Waals surface area contributed by atoms with Crippen molar-refractivity contribution in [2.24, 2.45) is 0 Å². The summed E-state index contributed by atoms with van der Waals surface area (Å²) in [7, 11) is 0. The highest BCUT2D eigenvalue weighted by Crippen LogP contribution is 2.33. The highest BCUT2D eigenvalue weighted by Gasteiger charge is 2.44. The molecule has 0 spiro atoms. The van der Waals surface area contributed by atoms with Gasteiger partial charge in [0.1, 0.15) is 30.0 Å². The molecule has 1 saturated heterocycles. The van der Waals surface area contributed by atoms with Crippen LogP contribution in [-0.4, -0.2) is 33.5 Å². The summed E-state index contributed by atoms with van der Waals surface area (Å²) in [5.74, 6) is -3.91. The fourth-order valence-electron chi connectivity index (χ4n) is 2.34. The van der Waals surface area contributed by atoms with E-state index in [1.165, 1.54) is 12.3 Å². The van der Waals surface area contributed by atoms with Gasteiger partial charge in [-0.15, -0.1) is 0 Å². The minimum absolute atomic E-state index is 0.0651. The number of nitrogens with zero attached hydrogens (tertiary/aromatic N) is 2. The van der Waals surface area contributed by atoms with Crippen LogP contribution in [-0.2, 0) is 4.79 Å². The SMILES string of the molecule is O=C1CN(C(=O)c2c(F)cccc2F)C(c2cc(Br)co2)N1O. The quantitative estimate of drug-likeness (QED) is 0.805. The first-order valence-corrected chi connectivity index (χ1v) is 7.19. The maximum atomic E-state index is 13.8. The van der Waals surface area contributed by atoms with Gasteiger partial charge < -0.3 is 4.42 Å². The third kappa shape index (κ3) is 2.62. The Morgan fingerprint density at radius 3 is 2.57 bits per heavy atom. The summed E-state index contributed by atoms with van der Waals surface area (Å²) in [5.41, 5.74) is -0.800. The second-order valence-corrected chi connectivity index (χ2v) is 5.72. The van der Waals surface area contributed by atoms with Crippen molar-refractivity contribution in [3.8, 4) is 0 Å². The molecule has 0 radical (unpaired) electrons. The number of benzene rings is 1. The Morgan fingerprint density at radius 1 is 1.35 bits per heavy atom. The molecule has 1 aliphatic rings. The predicted molar refractivity (Wildman–Crippen MR) is 75.2 cm³/mol. The Hall–Kier alpha value is -2.26. The van der Waals surface area contributed by atoms with Gasteiger partial charge in [0.15, 0.2) is 11.9 Å². The van der Waals surface area contributed by atoms with Crippen LogP contribution in [0, 0.1) is 11.6 Å². The van der Waals surface area contributed by atoms with Crippen LogP contribution in [0.1, 0.15) is 22.3 Å². The maximum Gasteiger partial charge on any atom is 0.268 e. The first-order valence-electron chi connectivity index (χ1n) is 6.40. The number of amides is 2. The molecule has 6 nitrogen and oxygen atoms in total. The van der Waals surface area contributed by atoms with Gasteiger partial charge in [-0.05, 0) is 34.1 Å². The van der Waals surface area contributed by atoms with Gasteiger partial charge in [0.05, 0.1) is 4.47 Å². The Kier molecular flexibility index (Phi) is 3.90. The van der Waals surface area contributed by atoms with Crippen molar-refractivity contribution < 1.29 is 28.0 Å². The summed E-state index contributed by atoms with van der Waals surface area (Å²) < 4.78 is 33.3. The molecule has 3 rings (SSSR count). The van der Waals surface area contributed by atoms with Crippen LogP contribution in [0.5, 0.6) is 0 Å². The van der Waals surface area contributed by atoms with Crippen molar-refractivity contribution in [2.45, 2.75) is 6.17 Å². The topological polar surface area (TPSA) is 74.0 Å². The van der Waals surface area contributed by atoms with Crippen molar-refractivity contribution >= 4 is 27.7 Å². The van der Waals surface area contributed by atoms with Crippen molar-refractivity contribution in [3.05, 3.63) is 58.0 Å². The van der Waals surface area contributed by atoms with E-state index >= 15 is 0 Å². The van der Waals surface area contributed by atoms with E-state index in [9.17, 15) is 23.6 Å². The van der Waals surface area contributed by atoms with Gasteiger partial charge in [-0.25, -0.2) is 8.78 Å². The van der Waals surface area contributed by atoms with E-state index in [1.807, 2.05) is 0 Å². The van der Waals surface area contributed by atoms with Crippen LogP contribution >= 0.6 is 15.9 Å². The van der Waals surface area contributed by atoms with E-state index in [0.717, 1.165) is 23.1 Å². The van der Waals surface area contributed by atoms with Crippen molar-refractivity contribution in [3.63, 3.8) is 0 Å². The van der Waals surface area contributed by atoms with Crippen LogP contribution in [0.3, 0.4) is 0 Å². The zero-order valence-electron chi connectivity index (χ0n) is 11.4. The molecule has 1 unspecified atom stereocenters. The molecule has 1 aromatic heterocycles. The first-order chi connectivity index (χ1) is 10.9. The molecule has 0 bridgehead atoms. The van der Waals surface area contributed by atoms with E-state index in [-0.39, 0.29) is 5.76 Å². The predicted octanol–water partition coefficient (Wildman–Crippen LogP) is 2.69. The van der Waals surface area contributed by atoms with E-state index < -0.39 is 41.7 Å². The summed E-state index contributed by atoms with van der Waals surface area (Å²) >= 11 is 3.14. The second-order valence-electron chi connectivity index (χ2n) is 4.81.